The Morgan fingerprint density at radius 1 is 0.414 bits per heavy atom. The highest BCUT2D eigenvalue weighted by Crippen LogP contribution is 2.54. The predicted molar refractivity (Wildman–Crippen MR) is 289 cm³/mol. The van der Waals surface area contributed by atoms with Gasteiger partial charge in [0, 0.05) is 20.1 Å². The molecule has 0 radical (unpaired) electrons. The number of benzene rings is 4. The average molecular weight is 1060 g/mol. The van der Waals surface area contributed by atoms with Crippen LogP contribution in [0.15, 0.2) is 119 Å². The molecule has 4 amide bonds. The third kappa shape index (κ3) is 10.4. The zero-order valence-corrected chi connectivity index (χ0v) is 45.4. The van der Waals surface area contributed by atoms with Crippen LogP contribution in [-0.4, -0.2) is 131 Å². The lowest BCUT2D eigenvalue weighted by Gasteiger charge is -2.35. The van der Waals surface area contributed by atoms with Gasteiger partial charge in [-0.1, -0.05) is 143 Å². The summed E-state index contributed by atoms with van der Waals surface area (Å²) >= 11 is 25.7. The average Bonchev–Trinajstić information content (AvgIpc) is 3.97. The summed E-state index contributed by atoms with van der Waals surface area (Å²) in [5.74, 6) is -1.05. The molecular formula is C54H58Cl4N6O4S2+2. The first-order valence-electron chi connectivity index (χ1n) is 23.5. The molecule has 4 aliphatic rings. The van der Waals surface area contributed by atoms with Gasteiger partial charge in [-0.15, -0.1) is 0 Å². The van der Waals surface area contributed by atoms with Gasteiger partial charge in [0.1, 0.15) is 0 Å². The highest BCUT2D eigenvalue weighted by molar-refractivity contribution is 8.77. The Balaban J connectivity index is 1.24. The van der Waals surface area contributed by atoms with Crippen molar-refractivity contribution in [2.24, 2.45) is 0 Å². The molecule has 0 saturated carbocycles. The fourth-order valence-electron chi connectivity index (χ4n) is 9.17. The van der Waals surface area contributed by atoms with Gasteiger partial charge in [-0.25, -0.2) is 0 Å². The van der Waals surface area contributed by atoms with E-state index in [0.29, 0.717) is 148 Å². The lowest BCUT2D eigenvalue weighted by Crippen LogP contribution is -2.43. The van der Waals surface area contributed by atoms with Gasteiger partial charge in [-0.3, -0.25) is 29.0 Å². The van der Waals surface area contributed by atoms with E-state index < -0.39 is 10.7 Å². The quantitative estimate of drug-likeness (QED) is 0.0687. The van der Waals surface area contributed by atoms with Gasteiger partial charge in [0.25, 0.3) is 23.6 Å². The number of hydrogen-bond acceptors (Lipinski definition) is 6. The van der Waals surface area contributed by atoms with E-state index in [1.165, 1.54) is 21.6 Å². The minimum atomic E-state index is -0.488. The number of rotatable bonds is 19. The highest BCUT2D eigenvalue weighted by Gasteiger charge is 2.53. The van der Waals surface area contributed by atoms with Crippen molar-refractivity contribution in [3.8, 4) is 0 Å². The van der Waals surface area contributed by atoms with Crippen molar-refractivity contribution in [3.63, 3.8) is 0 Å². The van der Waals surface area contributed by atoms with Crippen molar-refractivity contribution < 1.29 is 28.1 Å². The number of amides is 4. The van der Waals surface area contributed by atoms with Gasteiger partial charge in [0.2, 0.25) is 0 Å². The summed E-state index contributed by atoms with van der Waals surface area (Å²) in [6.07, 6.45) is 2.57. The maximum atomic E-state index is 15.6. The number of carbonyl (C=O) groups excluding carboxylic acids is 4. The molecule has 0 N–H and O–H groups in total. The number of likely N-dealkylation sites (N-methyl/N-ethyl adjacent to an activating group) is 2. The standard InChI is InChI=1S/C54H58Cl4N6O4S2/c1-9-11-41(61-49(35-17-25-39(57)26-18-35)45-43(53(61)67)47(33-13-21-37(55)22-14-33)59(51(45)65)29-31-63(3,4)5)69-70-42(12-10-2)62-50(36-19-27-40(58)28-20-36)46-44(54(62)68)48(34-15-23-38(56)24-16-34)60(52(46)66)30-32-64(6,7)8/h13-28,41-42H,9-12,29-32H2,1-8H3/q+2. The molecule has 4 aromatic carbocycles. The van der Waals surface area contributed by atoms with Gasteiger partial charge in [-0.05, 0) is 83.6 Å². The van der Waals surface area contributed by atoms with Crippen molar-refractivity contribution in [2.45, 2.75) is 50.3 Å². The minimum Gasteiger partial charge on any atom is -0.329 e. The molecule has 2 unspecified atom stereocenters. The van der Waals surface area contributed by atoms with Gasteiger partial charge < -0.3 is 18.8 Å². The summed E-state index contributed by atoms with van der Waals surface area (Å²) < 4.78 is 1.22. The first-order chi connectivity index (χ1) is 33.2. The molecule has 0 saturated heterocycles. The van der Waals surface area contributed by atoms with Crippen molar-refractivity contribution in [2.75, 3.05) is 68.5 Å². The second kappa shape index (κ2) is 20.9. The van der Waals surface area contributed by atoms with E-state index in [4.69, 9.17) is 46.4 Å². The Kier molecular flexibility index (Phi) is 15.5. The Labute approximate surface area is 439 Å². The summed E-state index contributed by atoms with van der Waals surface area (Å²) in [6, 6.07) is 29.1. The van der Waals surface area contributed by atoms with E-state index in [0.717, 1.165) is 0 Å². The van der Waals surface area contributed by atoms with Crippen molar-refractivity contribution >= 4 is 114 Å². The fraction of sp³-hybridized carbons (Fsp3) is 0.333. The van der Waals surface area contributed by atoms with Crippen LogP contribution in [0.25, 0.3) is 22.8 Å². The Hall–Kier alpha value is -4.50. The number of quaternary nitrogens is 2. The first-order valence-corrected chi connectivity index (χ1v) is 27.3. The predicted octanol–water partition coefficient (Wildman–Crippen LogP) is 11.7. The summed E-state index contributed by atoms with van der Waals surface area (Å²) in [6.45, 7) is 6.20. The van der Waals surface area contributed by atoms with E-state index in [-0.39, 0.29) is 23.6 Å². The number of carbonyl (C=O) groups is 4. The van der Waals surface area contributed by atoms with E-state index in [9.17, 15) is 0 Å². The molecule has 366 valence electrons. The van der Waals surface area contributed by atoms with Gasteiger partial charge in [0.05, 0.1) is 124 Å². The maximum Gasteiger partial charge on any atom is 0.262 e. The molecular weight excluding hydrogens is 1000 g/mol. The molecule has 10 nitrogen and oxygen atoms in total. The summed E-state index contributed by atoms with van der Waals surface area (Å²) in [4.78, 5) is 68.4. The van der Waals surface area contributed by atoms with Crippen LogP contribution in [0.1, 0.15) is 61.8 Å². The summed E-state index contributed by atoms with van der Waals surface area (Å²) in [5.41, 5.74) is 6.35. The zero-order valence-electron chi connectivity index (χ0n) is 40.7. The van der Waals surface area contributed by atoms with Crippen molar-refractivity contribution in [3.05, 3.63) is 162 Å². The Bertz CT molecular complexity index is 2660. The monoisotopic (exact) mass is 1060 g/mol. The van der Waals surface area contributed by atoms with Crippen LogP contribution in [0, 0.1) is 0 Å². The lowest BCUT2D eigenvalue weighted by atomic mass is 10.0. The third-order valence-electron chi connectivity index (χ3n) is 12.6. The maximum absolute atomic E-state index is 15.6. The number of halogens is 4. The molecule has 2 atom stereocenters. The van der Waals surface area contributed by atoms with Crippen LogP contribution in [0.3, 0.4) is 0 Å². The van der Waals surface area contributed by atoms with Crippen LogP contribution in [0.2, 0.25) is 20.1 Å². The topological polar surface area (TPSA) is 81.2 Å². The van der Waals surface area contributed by atoms with Crippen LogP contribution in [0.5, 0.6) is 0 Å². The normalized spacial score (nSPS) is 17.4. The smallest absolute Gasteiger partial charge is 0.262 e. The molecule has 70 heavy (non-hydrogen) atoms. The molecule has 0 fully saturated rings. The van der Waals surface area contributed by atoms with E-state index >= 15 is 19.2 Å². The first kappa shape index (κ1) is 51.8. The van der Waals surface area contributed by atoms with Crippen molar-refractivity contribution in [1.29, 1.82) is 0 Å². The molecule has 0 aromatic heterocycles. The third-order valence-corrected chi connectivity index (χ3v) is 16.8. The second-order valence-electron chi connectivity index (χ2n) is 19.9. The SMILES string of the molecule is CCCC(SSC(CCC)N1C(=O)C2=C(c3ccc(Cl)cc3)N(CC[N+](C)(C)C)C(=O)C2=C1c1ccc(Cl)cc1)N1C(=O)C2=C(c3ccc(Cl)cc3)N(CC[N+](C)(C)C)C(=O)C2=C1c1ccc(Cl)cc1. The van der Waals surface area contributed by atoms with E-state index in [1.54, 1.807) is 68.1 Å². The van der Waals surface area contributed by atoms with Crippen LogP contribution < -0.4 is 0 Å². The molecule has 0 bridgehead atoms. The minimum absolute atomic E-state index is 0.246. The Morgan fingerprint density at radius 2 is 0.671 bits per heavy atom. The van der Waals surface area contributed by atoms with E-state index in [1.807, 2.05) is 48.5 Å². The second-order valence-corrected chi connectivity index (χ2v) is 24.3. The molecule has 8 rings (SSSR count). The summed E-state index contributed by atoms with van der Waals surface area (Å²) in [7, 11) is 15.5. The van der Waals surface area contributed by atoms with Crippen LogP contribution in [0.4, 0.5) is 0 Å². The van der Waals surface area contributed by atoms with E-state index in [2.05, 4.69) is 56.1 Å². The number of nitrogens with zero attached hydrogens (tertiary/aromatic N) is 6. The van der Waals surface area contributed by atoms with Gasteiger partial charge >= 0.3 is 0 Å². The summed E-state index contributed by atoms with van der Waals surface area (Å²) in [5, 5.41) is 1.16. The zero-order chi connectivity index (χ0) is 50.4. The molecule has 4 heterocycles. The molecule has 4 aliphatic heterocycles. The molecule has 16 heteroatoms. The lowest BCUT2D eigenvalue weighted by molar-refractivity contribution is -0.869. The van der Waals surface area contributed by atoms with Gasteiger partial charge in [-0.2, -0.15) is 0 Å². The van der Waals surface area contributed by atoms with Crippen LogP contribution in [-0.2, 0) is 19.2 Å². The highest BCUT2D eigenvalue weighted by atomic mass is 35.5. The molecule has 0 spiro atoms. The van der Waals surface area contributed by atoms with Crippen molar-refractivity contribution in [1.82, 2.24) is 19.6 Å². The molecule has 4 aromatic rings. The van der Waals surface area contributed by atoms with Gasteiger partial charge in [0.15, 0.2) is 0 Å². The Morgan fingerprint density at radius 3 is 0.929 bits per heavy atom. The van der Waals surface area contributed by atoms with Crippen LogP contribution >= 0.6 is 68.0 Å². The number of hydrogen-bond donors (Lipinski definition) is 0. The fourth-order valence-corrected chi connectivity index (χ4v) is 13.0. The molecule has 0 aliphatic carbocycles. The largest absolute Gasteiger partial charge is 0.329 e. The number of fused-ring (bicyclic) bond motifs is 2.